The molecule has 3 rings (SSSR count). The molecule has 20 heavy (non-hydrogen) atoms. The summed E-state index contributed by atoms with van der Waals surface area (Å²) in [5.41, 5.74) is 2.76. The van der Waals surface area contributed by atoms with Gasteiger partial charge >= 0.3 is 0 Å². The van der Waals surface area contributed by atoms with E-state index in [1.165, 1.54) is 11.1 Å². The molecular formula is C17H23NO2. The first-order valence-corrected chi connectivity index (χ1v) is 7.72. The molecule has 0 amide bonds. The van der Waals surface area contributed by atoms with Crippen LogP contribution in [-0.2, 0) is 16.0 Å². The van der Waals surface area contributed by atoms with Crippen LogP contribution in [0.2, 0.25) is 0 Å². The summed E-state index contributed by atoms with van der Waals surface area (Å²) in [7, 11) is 0. The number of carbonyl (C=O) groups is 1. The van der Waals surface area contributed by atoms with Crippen LogP contribution in [0, 0.1) is 5.92 Å². The standard InChI is InChI=1S/C17H23NO2/c1-2-13-11-18(9-7-16(13)19)12-17-15-6-4-3-5-14(15)8-10-20-17/h3-6,13,17H,2,7-12H2,1H3. The van der Waals surface area contributed by atoms with E-state index in [2.05, 4.69) is 36.1 Å². The van der Waals surface area contributed by atoms with Crippen LogP contribution in [0.4, 0.5) is 0 Å². The predicted molar refractivity (Wildman–Crippen MR) is 78.7 cm³/mol. The van der Waals surface area contributed by atoms with E-state index >= 15 is 0 Å². The SMILES string of the molecule is CCC1CN(CC2OCCc3ccccc32)CCC1=O. The highest BCUT2D eigenvalue weighted by Gasteiger charge is 2.29. The van der Waals surface area contributed by atoms with Gasteiger partial charge in [-0.3, -0.25) is 9.69 Å². The van der Waals surface area contributed by atoms with Gasteiger partial charge in [0.05, 0.1) is 12.7 Å². The topological polar surface area (TPSA) is 29.5 Å². The average Bonchev–Trinajstić information content (AvgIpc) is 2.49. The van der Waals surface area contributed by atoms with E-state index in [9.17, 15) is 4.79 Å². The van der Waals surface area contributed by atoms with Crippen LogP contribution in [0.25, 0.3) is 0 Å². The summed E-state index contributed by atoms with van der Waals surface area (Å²) in [6.45, 7) is 5.62. The zero-order valence-corrected chi connectivity index (χ0v) is 12.2. The molecule has 0 bridgehead atoms. The normalized spacial score (nSPS) is 27.4. The van der Waals surface area contributed by atoms with Crippen LogP contribution < -0.4 is 0 Å². The van der Waals surface area contributed by atoms with Crippen molar-refractivity contribution in [1.29, 1.82) is 0 Å². The highest BCUT2D eigenvalue weighted by Crippen LogP contribution is 2.29. The van der Waals surface area contributed by atoms with Crippen molar-refractivity contribution < 1.29 is 9.53 Å². The van der Waals surface area contributed by atoms with Crippen LogP contribution >= 0.6 is 0 Å². The highest BCUT2D eigenvalue weighted by atomic mass is 16.5. The maximum atomic E-state index is 11.8. The number of ketones is 1. The van der Waals surface area contributed by atoms with E-state index in [0.29, 0.717) is 12.2 Å². The van der Waals surface area contributed by atoms with Crippen LogP contribution in [0.15, 0.2) is 24.3 Å². The Morgan fingerprint density at radius 2 is 2.15 bits per heavy atom. The molecular weight excluding hydrogens is 250 g/mol. The summed E-state index contributed by atoms with van der Waals surface area (Å²) in [6, 6.07) is 8.59. The van der Waals surface area contributed by atoms with Crippen molar-refractivity contribution in [2.45, 2.75) is 32.3 Å². The zero-order valence-electron chi connectivity index (χ0n) is 12.2. The fraction of sp³-hybridized carbons (Fsp3) is 0.588. The molecule has 2 heterocycles. The number of ether oxygens (including phenoxy) is 1. The van der Waals surface area contributed by atoms with Crippen molar-refractivity contribution in [3.8, 4) is 0 Å². The molecule has 0 aromatic heterocycles. The zero-order chi connectivity index (χ0) is 13.9. The van der Waals surface area contributed by atoms with Crippen LogP contribution in [0.3, 0.4) is 0 Å². The van der Waals surface area contributed by atoms with Gasteiger partial charge in [-0.2, -0.15) is 0 Å². The number of Topliss-reactive ketones (excluding diaryl/α,β-unsaturated/α-hetero) is 1. The lowest BCUT2D eigenvalue weighted by Crippen LogP contribution is -2.43. The molecule has 1 aromatic rings. The Balaban J connectivity index is 1.68. The molecule has 0 N–H and O–H groups in total. The first-order chi connectivity index (χ1) is 9.78. The summed E-state index contributed by atoms with van der Waals surface area (Å²) < 4.78 is 5.98. The summed E-state index contributed by atoms with van der Waals surface area (Å²) in [5.74, 6) is 0.663. The Bertz CT molecular complexity index is 486. The first kappa shape index (κ1) is 13.8. The Kier molecular flexibility index (Phi) is 4.18. The van der Waals surface area contributed by atoms with Crippen molar-refractivity contribution in [3.63, 3.8) is 0 Å². The van der Waals surface area contributed by atoms with Gasteiger partial charge < -0.3 is 4.74 Å². The molecule has 2 aliphatic rings. The number of hydrogen-bond acceptors (Lipinski definition) is 3. The van der Waals surface area contributed by atoms with Gasteiger partial charge in [0, 0.05) is 32.0 Å². The van der Waals surface area contributed by atoms with Crippen molar-refractivity contribution in [1.82, 2.24) is 4.90 Å². The maximum absolute atomic E-state index is 11.8. The summed E-state index contributed by atoms with van der Waals surface area (Å²) in [6.07, 6.45) is 2.85. The smallest absolute Gasteiger partial charge is 0.138 e. The van der Waals surface area contributed by atoms with E-state index in [1.54, 1.807) is 0 Å². The second-order valence-corrected chi connectivity index (χ2v) is 5.89. The van der Waals surface area contributed by atoms with Crippen LogP contribution in [0.1, 0.15) is 37.0 Å². The molecule has 3 nitrogen and oxygen atoms in total. The Morgan fingerprint density at radius 1 is 1.30 bits per heavy atom. The third kappa shape index (κ3) is 2.79. The molecule has 1 saturated heterocycles. The summed E-state index contributed by atoms with van der Waals surface area (Å²) in [4.78, 5) is 14.2. The van der Waals surface area contributed by atoms with Crippen molar-refractivity contribution >= 4 is 5.78 Å². The molecule has 1 fully saturated rings. The van der Waals surface area contributed by atoms with Crippen molar-refractivity contribution in [3.05, 3.63) is 35.4 Å². The van der Waals surface area contributed by atoms with Gasteiger partial charge in [0.25, 0.3) is 0 Å². The number of benzene rings is 1. The molecule has 2 aliphatic heterocycles. The first-order valence-electron chi connectivity index (χ1n) is 7.72. The van der Waals surface area contributed by atoms with Gasteiger partial charge in [0.15, 0.2) is 0 Å². The number of nitrogens with zero attached hydrogens (tertiary/aromatic N) is 1. The third-order valence-corrected chi connectivity index (χ3v) is 4.62. The minimum Gasteiger partial charge on any atom is -0.372 e. The summed E-state index contributed by atoms with van der Waals surface area (Å²) in [5, 5.41) is 0. The van der Waals surface area contributed by atoms with Crippen LogP contribution in [0.5, 0.6) is 0 Å². The lowest BCUT2D eigenvalue weighted by molar-refractivity contribution is -0.127. The minimum absolute atomic E-state index is 0.172. The van der Waals surface area contributed by atoms with Gasteiger partial charge in [0.2, 0.25) is 0 Å². The monoisotopic (exact) mass is 273 g/mol. The minimum atomic E-state index is 0.172. The van der Waals surface area contributed by atoms with Crippen molar-refractivity contribution in [2.75, 3.05) is 26.2 Å². The van der Waals surface area contributed by atoms with Gasteiger partial charge in [-0.05, 0) is 24.0 Å². The fourth-order valence-electron chi connectivity index (χ4n) is 3.36. The molecule has 3 heteroatoms. The van der Waals surface area contributed by atoms with Crippen LogP contribution in [-0.4, -0.2) is 36.9 Å². The molecule has 1 aromatic carbocycles. The molecule has 2 unspecified atom stereocenters. The summed E-state index contributed by atoms with van der Waals surface area (Å²) >= 11 is 0. The quantitative estimate of drug-likeness (QED) is 0.848. The Hall–Kier alpha value is -1.19. The van der Waals surface area contributed by atoms with E-state index in [0.717, 1.165) is 39.1 Å². The van der Waals surface area contributed by atoms with E-state index in [4.69, 9.17) is 4.74 Å². The third-order valence-electron chi connectivity index (χ3n) is 4.62. The second-order valence-electron chi connectivity index (χ2n) is 5.89. The van der Waals surface area contributed by atoms with E-state index in [-0.39, 0.29) is 12.0 Å². The molecule has 0 saturated carbocycles. The second kappa shape index (κ2) is 6.06. The Morgan fingerprint density at radius 3 is 3.00 bits per heavy atom. The molecule has 0 radical (unpaired) electrons. The van der Waals surface area contributed by atoms with E-state index in [1.807, 2.05) is 0 Å². The van der Waals surface area contributed by atoms with E-state index < -0.39 is 0 Å². The number of rotatable bonds is 3. The molecule has 108 valence electrons. The number of carbonyl (C=O) groups excluding carboxylic acids is 1. The molecule has 0 aliphatic carbocycles. The average molecular weight is 273 g/mol. The molecule has 2 atom stereocenters. The van der Waals surface area contributed by atoms with Gasteiger partial charge in [-0.15, -0.1) is 0 Å². The predicted octanol–water partition coefficient (Wildman–Crippen LogP) is 2.60. The largest absolute Gasteiger partial charge is 0.372 e. The lowest BCUT2D eigenvalue weighted by Gasteiger charge is -2.35. The highest BCUT2D eigenvalue weighted by molar-refractivity contribution is 5.82. The molecule has 0 spiro atoms. The van der Waals surface area contributed by atoms with Gasteiger partial charge in [-0.1, -0.05) is 31.2 Å². The number of piperidine rings is 1. The lowest BCUT2D eigenvalue weighted by atomic mass is 9.92. The van der Waals surface area contributed by atoms with Crippen molar-refractivity contribution in [2.24, 2.45) is 5.92 Å². The number of hydrogen-bond donors (Lipinski definition) is 0. The number of fused-ring (bicyclic) bond motifs is 1. The fourth-order valence-corrected chi connectivity index (χ4v) is 3.36. The van der Waals surface area contributed by atoms with Gasteiger partial charge in [0.1, 0.15) is 5.78 Å². The van der Waals surface area contributed by atoms with Gasteiger partial charge in [-0.25, -0.2) is 0 Å². The Labute approximate surface area is 120 Å². The maximum Gasteiger partial charge on any atom is 0.138 e. The number of likely N-dealkylation sites (tertiary alicyclic amines) is 1.